The average molecular weight is 467 g/mol. The zero-order valence-corrected chi connectivity index (χ0v) is 20.9. The van der Waals surface area contributed by atoms with Gasteiger partial charge >= 0.3 is 0 Å². The SMILES string of the molecule is CCC(C(=O)NC1CCCC1)N(Cc1cccc(C)c1)C(=O)CCc1ccc(OC)c(OC)c1. The molecule has 6 heteroatoms. The monoisotopic (exact) mass is 466 g/mol. The summed E-state index contributed by atoms with van der Waals surface area (Å²) in [5.41, 5.74) is 3.16. The van der Waals surface area contributed by atoms with Gasteiger partial charge in [-0.25, -0.2) is 0 Å². The fourth-order valence-electron chi connectivity index (χ4n) is 4.73. The number of hydrogen-bond acceptors (Lipinski definition) is 4. The molecule has 0 aliphatic heterocycles. The highest BCUT2D eigenvalue weighted by Gasteiger charge is 2.30. The molecule has 1 atom stereocenters. The van der Waals surface area contributed by atoms with E-state index in [0.29, 0.717) is 37.3 Å². The fourth-order valence-corrected chi connectivity index (χ4v) is 4.73. The first kappa shape index (κ1) is 25.6. The van der Waals surface area contributed by atoms with Crippen LogP contribution in [0.25, 0.3) is 0 Å². The van der Waals surface area contributed by atoms with Gasteiger partial charge in [0.15, 0.2) is 11.5 Å². The van der Waals surface area contributed by atoms with Gasteiger partial charge in [-0.3, -0.25) is 9.59 Å². The van der Waals surface area contributed by atoms with E-state index >= 15 is 0 Å². The molecular formula is C28H38N2O4. The first-order valence-electron chi connectivity index (χ1n) is 12.3. The van der Waals surface area contributed by atoms with Gasteiger partial charge in [0.25, 0.3) is 0 Å². The van der Waals surface area contributed by atoms with Crippen LogP contribution in [0, 0.1) is 6.92 Å². The van der Waals surface area contributed by atoms with E-state index in [9.17, 15) is 9.59 Å². The molecule has 3 rings (SSSR count). The summed E-state index contributed by atoms with van der Waals surface area (Å²) >= 11 is 0. The Hall–Kier alpha value is -3.02. The van der Waals surface area contributed by atoms with E-state index in [1.165, 1.54) is 0 Å². The standard InChI is InChI=1S/C28H38N2O4/c1-5-24(28(32)29-23-11-6-7-12-23)30(19-22-10-8-9-20(2)17-22)27(31)16-14-21-13-15-25(33-3)26(18-21)34-4/h8-10,13,15,17-18,23-24H,5-7,11-12,14,16,19H2,1-4H3,(H,29,32). The van der Waals surface area contributed by atoms with Gasteiger partial charge in [0.2, 0.25) is 11.8 Å². The second-order valence-electron chi connectivity index (χ2n) is 9.11. The van der Waals surface area contributed by atoms with Crippen LogP contribution < -0.4 is 14.8 Å². The van der Waals surface area contributed by atoms with Gasteiger partial charge in [0.05, 0.1) is 14.2 Å². The molecule has 2 amide bonds. The van der Waals surface area contributed by atoms with Crippen molar-refractivity contribution in [3.8, 4) is 11.5 Å². The third-order valence-electron chi connectivity index (χ3n) is 6.60. The minimum atomic E-state index is -0.487. The Morgan fingerprint density at radius 1 is 1.03 bits per heavy atom. The van der Waals surface area contributed by atoms with Crippen LogP contribution >= 0.6 is 0 Å². The highest BCUT2D eigenvalue weighted by Crippen LogP contribution is 2.28. The van der Waals surface area contributed by atoms with Crippen LogP contribution in [0.15, 0.2) is 42.5 Å². The molecule has 2 aromatic rings. The van der Waals surface area contributed by atoms with Gasteiger partial charge in [0.1, 0.15) is 6.04 Å². The normalized spacial score (nSPS) is 14.5. The molecule has 1 aliphatic carbocycles. The molecule has 0 bridgehead atoms. The Labute approximate surface area is 203 Å². The Morgan fingerprint density at radius 3 is 2.41 bits per heavy atom. The number of methoxy groups -OCH3 is 2. The lowest BCUT2D eigenvalue weighted by Crippen LogP contribution is -2.51. The molecular weight excluding hydrogens is 428 g/mol. The first-order chi connectivity index (χ1) is 16.4. The zero-order valence-electron chi connectivity index (χ0n) is 20.9. The number of ether oxygens (including phenoxy) is 2. The van der Waals surface area contributed by atoms with Crippen LogP contribution in [-0.2, 0) is 22.6 Å². The van der Waals surface area contributed by atoms with E-state index in [1.807, 2.05) is 50.2 Å². The molecule has 0 spiro atoms. The van der Waals surface area contributed by atoms with E-state index in [1.54, 1.807) is 19.1 Å². The van der Waals surface area contributed by atoms with Crippen molar-refractivity contribution in [3.05, 3.63) is 59.2 Å². The van der Waals surface area contributed by atoms with Crippen LogP contribution in [0.1, 0.15) is 62.1 Å². The van der Waals surface area contributed by atoms with E-state index < -0.39 is 6.04 Å². The van der Waals surface area contributed by atoms with Crippen molar-refractivity contribution in [3.63, 3.8) is 0 Å². The van der Waals surface area contributed by atoms with E-state index in [-0.39, 0.29) is 17.9 Å². The summed E-state index contributed by atoms with van der Waals surface area (Å²) in [6, 6.07) is 13.6. The van der Waals surface area contributed by atoms with Crippen molar-refractivity contribution in [1.82, 2.24) is 10.2 Å². The molecule has 1 fully saturated rings. The summed E-state index contributed by atoms with van der Waals surface area (Å²) in [6.07, 6.45) is 5.80. The molecule has 1 N–H and O–H groups in total. The van der Waals surface area contributed by atoms with Crippen molar-refractivity contribution < 1.29 is 19.1 Å². The number of nitrogens with zero attached hydrogens (tertiary/aromatic N) is 1. The van der Waals surface area contributed by atoms with Crippen molar-refractivity contribution in [2.24, 2.45) is 0 Å². The van der Waals surface area contributed by atoms with Crippen LogP contribution in [0.3, 0.4) is 0 Å². The second kappa shape index (κ2) is 12.4. The Bertz CT molecular complexity index is 969. The summed E-state index contributed by atoms with van der Waals surface area (Å²) in [6.45, 7) is 4.43. The van der Waals surface area contributed by atoms with E-state index in [0.717, 1.165) is 42.4 Å². The molecule has 1 saturated carbocycles. The minimum Gasteiger partial charge on any atom is -0.493 e. The molecule has 0 radical (unpaired) electrons. The second-order valence-corrected chi connectivity index (χ2v) is 9.11. The summed E-state index contributed by atoms with van der Waals surface area (Å²) in [5.74, 6) is 1.24. The van der Waals surface area contributed by atoms with Crippen LogP contribution in [0.5, 0.6) is 11.5 Å². The van der Waals surface area contributed by atoms with Crippen molar-refractivity contribution in [2.45, 2.75) is 77.4 Å². The third-order valence-corrected chi connectivity index (χ3v) is 6.60. The third kappa shape index (κ3) is 6.75. The molecule has 184 valence electrons. The number of amides is 2. The number of rotatable bonds is 11. The summed E-state index contributed by atoms with van der Waals surface area (Å²) in [5, 5.41) is 3.20. The number of benzene rings is 2. The summed E-state index contributed by atoms with van der Waals surface area (Å²) < 4.78 is 10.7. The molecule has 1 aliphatic rings. The summed E-state index contributed by atoms with van der Waals surface area (Å²) in [4.78, 5) is 28.5. The predicted molar refractivity (Wildman–Crippen MR) is 134 cm³/mol. The number of nitrogens with one attached hydrogen (secondary N) is 1. The van der Waals surface area contributed by atoms with E-state index in [4.69, 9.17) is 9.47 Å². The quantitative estimate of drug-likeness (QED) is 0.516. The molecule has 0 saturated heterocycles. The Kier molecular flexibility index (Phi) is 9.37. The zero-order chi connectivity index (χ0) is 24.5. The Morgan fingerprint density at radius 2 is 1.76 bits per heavy atom. The topological polar surface area (TPSA) is 67.9 Å². The van der Waals surface area contributed by atoms with Gasteiger partial charge in [-0.15, -0.1) is 0 Å². The Balaban J connectivity index is 1.77. The van der Waals surface area contributed by atoms with Crippen molar-refractivity contribution in [1.29, 1.82) is 0 Å². The van der Waals surface area contributed by atoms with Gasteiger partial charge < -0.3 is 19.7 Å². The molecule has 6 nitrogen and oxygen atoms in total. The molecule has 2 aromatic carbocycles. The maximum absolute atomic E-state index is 13.5. The molecule has 0 heterocycles. The number of carbonyl (C=O) groups excluding carboxylic acids is 2. The van der Waals surface area contributed by atoms with Crippen LogP contribution in [0.4, 0.5) is 0 Å². The van der Waals surface area contributed by atoms with Gasteiger partial charge in [-0.2, -0.15) is 0 Å². The smallest absolute Gasteiger partial charge is 0.243 e. The molecule has 34 heavy (non-hydrogen) atoms. The van der Waals surface area contributed by atoms with Gasteiger partial charge in [-0.1, -0.05) is 55.7 Å². The predicted octanol–water partition coefficient (Wildman–Crippen LogP) is 4.81. The van der Waals surface area contributed by atoms with E-state index in [2.05, 4.69) is 11.4 Å². The number of aryl methyl sites for hydroxylation is 2. The maximum atomic E-state index is 13.5. The van der Waals surface area contributed by atoms with Gasteiger partial charge in [0, 0.05) is 19.0 Å². The largest absolute Gasteiger partial charge is 0.493 e. The maximum Gasteiger partial charge on any atom is 0.243 e. The lowest BCUT2D eigenvalue weighted by Gasteiger charge is -2.31. The van der Waals surface area contributed by atoms with Gasteiger partial charge in [-0.05, 0) is 55.9 Å². The highest BCUT2D eigenvalue weighted by atomic mass is 16.5. The lowest BCUT2D eigenvalue weighted by molar-refractivity contribution is -0.141. The highest BCUT2D eigenvalue weighted by molar-refractivity contribution is 5.88. The average Bonchev–Trinajstić information content (AvgIpc) is 3.35. The molecule has 1 unspecified atom stereocenters. The van der Waals surface area contributed by atoms with Crippen molar-refractivity contribution in [2.75, 3.05) is 14.2 Å². The van der Waals surface area contributed by atoms with Crippen LogP contribution in [0.2, 0.25) is 0 Å². The fraction of sp³-hybridized carbons (Fsp3) is 0.500. The van der Waals surface area contributed by atoms with Crippen LogP contribution in [-0.4, -0.2) is 43.0 Å². The lowest BCUT2D eigenvalue weighted by atomic mass is 10.0. The van der Waals surface area contributed by atoms with Crippen molar-refractivity contribution >= 4 is 11.8 Å². The number of hydrogen-bond donors (Lipinski definition) is 1. The minimum absolute atomic E-state index is 0.0234. The molecule has 0 aromatic heterocycles. The first-order valence-corrected chi connectivity index (χ1v) is 12.3. The number of carbonyl (C=O) groups is 2. The summed E-state index contributed by atoms with van der Waals surface area (Å²) in [7, 11) is 3.21.